The van der Waals surface area contributed by atoms with Gasteiger partial charge in [0.25, 0.3) is 10.0 Å². The highest BCUT2D eigenvalue weighted by molar-refractivity contribution is 7.94. The Morgan fingerprint density at radius 1 is 1.03 bits per heavy atom. The standard InChI is InChI=1S/C20H16N4O3S3/c1-13(25)22-20-21-11-18(29-20)30(26,27)24-16-9-5-8-15(10-16)17-12-28-19(23-17)14-6-3-2-4-7-14/h2-12,24H,1H3,(H,21,22,25). The average molecular weight is 457 g/mol. The molecule has 0 atom stereocenters. The first-order valence-corrected chi connectivity index (χ1v) is 12.0. The fourth-order valence-corrected chi connectivity index (χ4v) is 5.62. The first-order valence-electron chi connectivity index (χ1n) is 8.78. The number of thiazole rings is 2. The van der Waals surface area contributed by atoms with Crippen LogP contribution in [0.25, 0.3) is 21.8 Å². The van der Waals surface area contributed by atoms with Gasteiger partial charge < -0.3 is 5.32 Å². The van der Waals surface area contributed by atoms with Gasteiger partial charge in [0.2, 0.25) is 5.91 Å². The summed E-state index contributed by atoms with van der Waals surface area (Å²) in [6.45, 7) is 1.33. The van der Waals surface area contributed by atoms with Gasteiger partial charge in [-0.05, 0) is 12.1 Å². The number of sulfonamides is 1. The van der Waals surface area contributed by atoms with Crippen LogP contribution in [-0.2, 0) is 14.8 Å². The molecule has 4 rings (SSSR count). The molecule has 0 aliphatic rings. The Balaban J connectivity index is 1.56. The highest BCUT2D eigenvalue weighted by Gasteiger charge is 2.19. The van der Waals surface area contributed by atoms with Gasteiger partial charge in [-0.2, -0.15) is 0 Å². The van der Waals surface area contributed by atoms with Gasteiger partial charge in [0, 0.05) is 29.1 Å². The predicted octanol–water partition coefficient (Wildman–Crippen LogP) is 4.69. The second-order valence-electron chi connectivity index (χ2n) is 6.26. The van der Waals surface area contributed by atoms with Gasteiger partial charge in [0.15, 0.2) is 9.34 Å². The summed E-state index contributed by atoms with van der Waals surface area (Å²) in [6.07, 6.45) is 1.22. The summed E-state index contributed by atoms with van der Waals surface area (Å²) in [4.78, 5) is 19.7. The topological polar surface area (TPSA) is 101 Å². The number of benzene rings is 2. The molecule has 0 radical (unpaired) electrons. The first kappa shape index (κ1) is 20.2. The van der Waals surface area contributed by atoms with E-state index in [1.54, 1.807) is 18.2 Å². The van der Waals surface area contributed by atoms with Gasteiger partial charge in [-0.15, -0.1) is 11.3 Å². The Labute approximate surface area is 181 Å². The summed E-state index contributed by atoms with van der Waals surface area (Å²) >= 11 is 2.41. The number of hydrogen-bond donors (Lipinski definition) is 2. The quantitative estimate of drug-likeness (QED) is 0.438. The van der Waals surface area contributed by atoms with E-state index >= 15 is 0 Å². The molecule has 7 nitrogen and oxygen atoms in total. The zero-order valence-electron chi connectivity index (χ0n) is 15.7. The lowest BCUT2D eigenvalue weighted by atomic mass is 10.1. The maximum Gasteiger partial charge on any atom is 0.273 e. The van der Waals surface area contributed by atoms with E-state index in [0.717, 1.165) is 33.2 Å². The van der Waals surface area contributed by atoms with Crippen LogP contribution in [0.5, 0.6) is 0 Å². The van der Waals surface area contributed by atoms with Crippen molar-refractivity contribution >= 4 is 49.4 Å². The molecular formula is C20H16N4O3S3. The normalized spacial score (nSPS) is 11.2. The lowest BCUT2D eigenvalue weighted by Crippen LogP contribution is -2.11. The van der Waals surface area contributed by atoms with Crippen LogP contribution in [0.4, 0.5) is 10.8 Å². The van der Waals surface area contributed by atoms with Crippen molar-refractivity contribution in [1.29, 1.82) is 0 Å². The van der Waals surface area contributed by atoms with E-state index in [4.69, 9.17) is 0 Å². The molecule has 0 unspecified atom stereocenters. The molecule has 2 heterocycles. The van der Waals surface area contributed by atoms with Crippen molar-refractivity contribution < 1.29 is 13.2 Å². The van der Waals surface area contributed by atoms with Crippen LogP contribution >= 0.6 is 22.7 Å². The summed E-state index contributed by atoms with van der Waals surface area (Å²) in [6, 6.07) is 16.9. The molecule has 4 aromatic rings. The number of carbonyl (C=O) groups excluding carboxylic acids is 1. The van der Waals surface area contributed by atoms with Crippen molar-refractivity contribution in [2.75, 3.05) is 10.0 Å². The number of amides is 1. The zero-order valence-corrected chi connectivity index (χ0v) is 18.1. The third kappa shape index (κ3) is 4.56. The van der Waals surface area contributed by atoms with Crippen LogP contribution in [0, 0.1) is 0 Å². The second kappa shape index (κ2) is 8.34. The van der Waals surface area contributed by atoms with Crippen molar-refractivity contribution in [3.8, 4) is 21.8 Å². The maximum absolute atomic E-state index is 12.7. The van der Waals surface area contributed by atoms with Gasteiger partial charge in [-0.3, -0.25) is 9.52 Å². The van der Waals surface area contributed by atoms with Crippen LogP contribution in [0.1, 0.15) is 6.92 Å². The Kier molecular flexibility index (Phi) is 5.62. The Morgan fingerprint density at radius 2 is 1.80 bits per heavy atom. The summed E-state index contributed by atoms with van der Waals surface area (Å²) in [5.41, 5.74) is 3.02. The number of rotatable bonds is 6. The smallest absolute Gasteiger partial charge is 0.273 e. The molecule has 30 heavy (non-hydrogen) atoms. The molecule has 0 fully saturated rings. The highest BCUT2D eigenvalue weighted by Crippen LogP contribution is 2.31. The van der Waals surface area contributed by atoms with Crippen LogP contribution in [-0.4, -0.2) is 24.3 Å². The molecule has 1 amide bonds. The third-order valence-corrected chi connectivity index (χ3v) is 7.61. The first-order chi connectivity index (χ1) is 14.4. The van der Waals surface area contributed by atoms with E-state index < -0.39 is 10.0 Å². The summed E-state index contributed by atoms with van der Waals surface area (Å²) in [5.74, 6) is -0.313. The third-order valence-electron chi connectivity index (χ3n) is 3.97. The Hall–Kier alpha value is -3.08. The zero-order chi connectivity index (χ0) is 21.1. The summed E-state index contributed by atoms with van der Waals surface area (Å²) < 4.78 is 27.9. The molecular weight excluding hydrogens is 440 g/mol. The number of aromatic nitrogens is 2. The Bertz CT molecular complexity index is 1300. The number of hydrogen-bond acceptors (Lipinski definition) is 7. The Morgan fingerprint density at radius 3 is 2.57 bits per heavy atom. The molecule has 0 aliphatic carbocycles. The second-order valence-corrected chi connectivity index (χ2v) is 10.1. The minimum absolute atomic E-state index is 0.0108. The maximum atomic E-state index is 12.7. The van der Waals surface area contributed by atoms with Crippen molar-refractivity contribution in [2.24, 2.45) is 0 Å². The fourth-order valence-electron chi connectivity index (χ4n) is 2.66. The molecule has 0 spiro atoms. The van der Waals surface area contributed by atoms with Crippen molar-refractivity contribution in [1.82, 2.24) is 9.97 Å². The van der Waals surface area contributed by atoms with Crippen molar-refractivity contribution in [2.45, 2.75) is 11.1 Å². The number of nitrogens with zero attached hydrogens (tertiary/aromatic N) is 2. The lowest BCUT2D eigenvalue weighted by molar-refractivity contribution is -0.114. The fraction of sp³-hybridized carbons (Fsp3) is 0.0500. The van der Waals surface area contributed by atoms with E-state index in [9.17, 15) is 13.2 Å². The monoisotopic (exact) mass is 456 g/mol. The molecule has 0 saturated heterocycles. The largest absolute Gasteiger partial charge is 0.302 e. The summed E-state index contributed by atoms with van der Waals surface area (Å²) in [5, 5.41) is 5.54. The molecule has 0 saturated carbocycles. The lowest BCUT2D eigenvalue weighted by Gasteiger charge is -2.07. The van der Waals surface area contributed by atoms with E-state index in [1.165, 1.54) is 24.5 Å². The van der Waals surface area contributed by atoms with Crippen molar-refractivity contribution in [3.63, 3.8) is 0 Å². The minimum Gasteiger partial charge on any atom is -0.302 e. The van der Waals surface area contributed by atoms with Gasteiger partial charge in [-0.1, -0.05) is 53.8 Å². The number of carbonyl (C=O) groups is 1. The molecule has 2 N–H and O–H groups in total. The molecule has 0 aliphatic heterocycles. The van der Waals surface area contributed by atoms with Crippen LogP contribution < -0.4 is 10.0 Å². The molecule has 2 aromatic carbocycles. The molecule has 152 valence electrons. The van der Waals surface area contributed by atoms with E-state index in [2.05, 4.69) is 20.0 Å². The van der Waals surface area contributed by atoms with Gasteiger partial charge in [0.1, 0.15) is 5.01 Å². The van der Waals surface area contributed by atoms with Crippen LogP contribution in [0.15, 0.2) is 70.4 Å². The summed E-state index contributed by atoms with van der Waals surface area (Å²) in [7, 11) is -3.83. The van der Waals surface area contributed by atoms with E-state index in [1.807, 2.05) is 41.8 Å². The van der Waals surface area contributed by atoms with Gasteiger partial charge in [-0.25, -0.2) is 18.4 Å². The van der Waals surface area contributed by atoms with Gasteiger partial charge in [0.05, 0.1) is 11.9 Å². The molecule has 10 heteroatoms. The van der Waals surface area contributed by atoms with Crippen LogP contribution in [0.3, 0.4) is 0 Å². The number of nitrogens with one attached hydrogen (secondary N) is 2. The number of anilines is 2. The molecule has 0 bridgehead atoms. The average Bonchev–Trinajstić information content (AvgIpc) is 3.38. The SMILES string of the molecule is CC(=O)Nc1ncc(S(=O)(=O)Nc2cccc(-c3csc(-c4ccccc4)n3)c2)s1. The van der Waals surface area contributed by atoms with Gasteiger partial charge >= 0.3 is 0 Å². The predicted molar refractivity (Wildman–Crippen MR) is 120 cm³/mol. The molecule has 2 aromatic heterocycles. The minimum atomic E-state index is -3.83. The van der Waals surface area contributed by atoms with E-state index in [-0.39, 0.29) is 15.2 Å². The van der Waals surface area contributed by atoms with Crippen LogP contribution in [0.2, 0.25) is 0 Å². The van der Waals surface area contributed by atoms with Crippen molar-refractivity contribution in [3.05, 3.63) is 66.2 Å². The highest BCUT2D eigenvalue weighted by atomic mass is 32.2. The van der Waals surface area contributed by atoms with E-state index in [0.29, 0.717) is 5.69 Å².